The summed E-state index contributed by atoms with van der Waals surface area (Å²) in [4.78, 5) is 13.6. The monoisotopic (exact) mass is 301 g/mol. The number of oxime groups is 1. The molecule has 1 aromatic carbocycles. The van der Waals surface area contributed by atoms with E-state index >= 15 is 0 Å². The molecule has 1 atom stereocenters. The highest BCUT2D eigenvalue weighted by atomic mass is 32.2. The van der Waals surface area contributed by atoms with Gasteiger partial charge in [-0.15, -0.1) is 11.8 Å². The van der Waals surface area contributed by atoms with Crippen molar-refractivity contribution in [1.82, 2.24) is 4.57 Å². The molecule has 108 valence electrons. The van der Waals surface area contributed by atoms with Gasteiger partial charge in [0.15, 0.2) is 5.84 Å². The zero-order valence-electron chi connectivity index (χ0n) is 11.3. The number of benzene rings is 1. The zero-order chi connectivity index (χ0) is 14.8. The van der Waals surface area contributed by atoms with Crippen LogP contribution in [-0.4, -0.2) is 21.4 Å². The molecular formula is C15H15N3O2S. The number of aromatic nitrogens is 1. The molecule has 0 saturated heterocycles. The summed E-state index contributed by atoms with van der Waals surface area (Å²) in [7, 11) is 0. The number of nitrogens with two attached hydrogens (primary N) is 1. The second-order valence-corrected chi connectivity index (χ2v) is 5.97. The minimum atomic E-state index is -0.234. The van der Waals surface area contributed by atoms with E-state index in [1.54, 1.807) is 22.9 Å². The van der Waals surface area contributed by atoms with Crippen molar-refractivity contribution in [1.29, 1.82) is 0 Å². The molecule has 0 aliphatic carbocycles. The molecule has 0 radical (unpaired) electrons. The van der Waals surface area contributed by atoms with E-state index in [4.69, 9.17) is 10.9 Å². The SMILES string of the molecule is N/C(=N/O)c1cccn(CC2CSc3ccccc32)c1=O. The van der Waals surface area contributed by atoms with Crippen LogP contribution in [0.2, 0.25) is 0 Å². The van der Waals surface area contributed by atoms with Gasteiger partial charge in [-0.3, -0.25) is 4.79 Å². The lowest BCUT2D eigenvalue weighted by Gasteiger charge is -2.13. The average Bonchev–Trinajstić information content (AvgIpc) is 2.92. The van der Waals surface area contributed by atoms with Gasteiger partial charge in [0.05, 0.1) is 5.56 Å². The lowest BCUT2D eigenvalue weighted by Crippen LogP contribution is -2.31. The Morgan fingerprint density at radius 1 is 1.38 bits per heavy atom. The van der Waals surface area contributed by atoms with Gasteiger partial charge in [0.1, 0.15) is 0 Å². The highest BCUT2D eigenvalue weighted by molar-refractivity contribution is 7.99. The Bertz CT molecular complexity index is 755. The van der Waals surface area contributed by atoms with Crippen LogP contribution >= 0.6 is 11.8 Å². The van der Waals surface area contributed by atoms with Crippen molar-refractivity contribution in [2.24, 2.45) is 10.9 Å². The minimum Gasteiger partial charge on any atom is -0.409 e. The fourth-order valence-corrected chi connectivity index (χ4v) is 3.79. The summed E-state index contributed by atoms with van der Waals surface area (Å²) in [6, 6.07) is 11.6. The van der Waals surface area contributed by atoms with Crippen molar-refractivity contribution >= 4 is 17.6 Å². The van der Waals surface area contributed by atoms with E-state index in [-0.39, 0.29) is 17.0 Å². The summed E-state index contributed by atoms with van der Waals surface area (Å²) in [5, 5.41) is 11.6. The number of amidine groups is 1. The second kappa shape index (κ2) is 5.65. The highest BCUT2D eigenvalue weighted by Gasteiger charge is 2.23. The first kappa shape index (κ1) is 13.8. The molecule has 1 unspecified atom stereocenters. The molecule has 2 heterocycles. The number of hydrogen-bond donors (Lipinski definition) is 2. The molecule has 0 saturated carbocycles. The van der Waals surface area contributed by atoms with E-state index in [1.807, 2.05) is 23.9 Å². The normalized spacial score (nSPS) is 17.7. The van der Waals surface area contributed by atoms with Gasteiger partial charge in [-0.25, -0.2) is 0 Å². The van der Waals surface area contributed by atoms with Gasteiger partial charge in [0, 0.05) is 29.3 Å². The van der Waals surface area contributed by atoms with E-state index in [0.29, 0.717) is 12.5 Å². The Labute approximate surface area is 126 Å². The predicted octanol–water partition coefficient (Wildman–Crippen LogP) is 1.83. The highest BCUT2D eigenvalue weighted by Crippen LogP contribution is 2.39. The Balaban J connectivity index is 1.92. The molecule has 1 aliphatic heterocycles. The Hall–Kier alpha value is -2.21. The fraction of sp³-hybridized carbons (Fsp3) is 0.200. The fourth-order valence-electron chi connectivity index (χ4n) is 2.55. The number of hydrogen-bond acceptors (Lipinski definition) is 4. The van der Waals surface area contributed by atoms with Crippen LogP contribution in [0.5, 0.6) is 0 Å². The van der Waals surface area contributed by atoms with E-state index in [0.717, 1.165) is 5.75 Å². The molecule has 5 nitrogen and oxygen atoms in total. The van der Waals surface area contributed by atoms with Crippen molar-refractivity contribution < 1.29 is 5.21 Å². The maximum Gasteiger partial charge on any atom is 0.261 e. The molecule has 3 rings (SSSR count). The van der Waals surface area contributed by atoms with Crippen LogP contribution in [-0.2, 0) is 6.54 Å². The maximum atomic E-state index is 12.4. The summed E-state index contributed by atoms with van der Waals surface area (Å²) in [5.74, 6) is 1.10. The van der Waals surface area contributed by atoms with Crippen LogP contribution in [0.1, 0.15) is 17.0 Å². The summed E-state index contributed by atoms with van der Waals surface area (Å²) < 4.78 is 1.63. The van der Waals surface area contributed by atoms with Crippen LogP contribution in [0.15, 0.2) is 57.4 Å². The first-order chi connectivity index (χ1) is 10.2. The van der Waals surface area contributed by atoms with Crippen LogP contribution in [0, 0.1) is 0 Å². The summed E-state index contributed by atoms with van der Waals surface area (Å²) in [6.45, 7) is 0.593. The van der Waals surface area contributed by atoms with Gasteiger partial charge in [-0.1, -0.05) is 23.4 Å². The standard InChI is InChI=1S/C15H15N3O2S/c16-14(17-20)12-5-3-7-18(15(12)19)8-10-9-21-13-6-2-1-4-11(10)13/h1-7,10,20H,8-9H2,(H2,16,17). The van der Waals surface area contributed by atoms with E-state index in [9.17, 15) is 4.79 Å². The van der Waals surface area contributed by atoms with Crippen molar-refractivity contribution in [2.45, 2.75) is 17.4 Å². The summed E-state index contributed by atoms with van der Waals surface area (Å²) in [5.41, 5.74) is 6.80. The molecule has 21 heavy (non-hydrogen) atoms. The van der Waals surface area contributed by atoms with Crippen molar-refractivity contribution in [3.8, 4) is 0 Å². The molecule has 0 amide bonds. The largest absolute Gasteiger partial charge is 0.409 e. The van der Waals surface area contributed by atoms with Crippen LogP contribution < -0.4 is 11.3 Å². The third kappa shape index (κ3) is 2.54. The molecule has 0 bridgehead atoms. The maximum absolute atomic E-state index is 12.4. The van der Waals surface area contributed by atoms with Gasteiger partial charge in [0.2, 0.25) is 0 Å². The molecule has 1 aromatic heterocycles. The number of pyridine rings is 1. The molecule has 2 aromatic rings. The number of fused-ring (bicyclic) bond motifs is 1. The lowest BCUT2D eigenvalue weighted by atomic mass is 10.0. The minimum absolute atomic E-state index is 0.157. The Kier molecular flexibility index (Phi) is 3.70. The van der Waals surface area contributed by atoms with E-state index < -0.39 is 0 Å². The summed E-state index contributed by atoms with van der Waals surface area (Å²) in [6.07, 6.45) is 1.74. The second-order valence-electron chi connectivity index (χ2n) is 4.91. The molecule has 3 N–H and O–H groups in total. The topological polar surface area (TPSA) is 80.6 Å². The van der Waals surface area contributed by atoms with Crippen molar-refractivity contribution in [3.63, 3.8) is 0 Å². The van der Waals surface area contributed by atoms with Gasteiger partial charge in [-0.2, -0.15) is 0 Å². The number of rotatable bonds is 3. The number of nitrogens with zero attached hydrogens (tertiary/aromatic N) is 2. The molecule has 0 spiro atoms. The number of thioether (sulfide) groups is 1. The van der Waals surface area contributed by atoms with Crippen molar-refractivity contribution in [3.05, 3.63) is 64.1 Å². The first-order valence-electron chi connectivity index (χ1n) is 6.60. The molecule has 1 aliphatic rings. The van der Waals surface area contributed by atoms with Crippen LogP contribution in [0.3, 0.4) is 0 Å². The van der Waals surface area contributed by atoms with E-state index in [1.165, 1.54) is 10.5 Å². The average molecular weight is 301 g/mol. The lowest BCUT2D eigenvalue weighted by molar-refractivity contribution is 0.318. The summed E-state index contributed by atoms with van der Waals surface area (Å²) >= 11 is 1.81. The van der Waals surface area contributed by atoms with Gasteiger partial charge in [0.25, 0.3) is 5.56 Å². The van der Waals surface area contributed by atoms with Gasteiger partial charge < -0.3 is 15.5 Å². The zero-order valence-corrected chi connectivity index (χ0v) is 12.1. The Morgan fingerprint density at radius 3 is 3.00 bits per heavy atom. The van der Waals surface area contributed by atoms with Gasteiger partial charge >= 0.3 is 0 Å². The third-order valence-corrected chi connectivity index (χ3v) is 4.87. The smallest absolute Gasteiger partial charge is 0.261 e. The Morgan fingerprint density at radius 2 is 2.19 bits per heavy atom. The van der Waals surface area contributed by atoms with E-state index in [2.05, 4.69) is 17.3 Å². The molecular weight excluding hydrogens is 286 g/mol. The van der Waals surface area contributed by atoms with Gasteiger partial charge in [-0.05, 0) is 23.8 Å². The quantitative estimate of drug-likeness (QED) is 0.392. The first-order valence-corrected chi connectivity index (χ1v) is 7.58. The molecule has 6 heteroatoms. The van der Waals surface area contributed by atoms with Crippen LogP contribution in [0.4, 0.5) is 0 Å². The molecule has 0 fully saturated rings. The predicted molar refractivity (Wildman–Crippen MR) is 83.1 cm³/mol. The van der Waals surface area contributed by atoms with Crippen molar-refractivity contribution in [2.75, 3.05) is 5.75 Å². The van der Waals surface area contributed by atoms with Crippen LogP contribution in [0.25, 0.3) is 0 Å². The third-order valence-electron chi connectivity index (χ3n) is 3.62.